The first-order chi connectivity index (χ1) is 13.0. The lowest BCUT2D eigenvalue weighted by Crippen LogP contribution is -2.14. The summed E-state index contributed by atoms with van der Waals surface area (Å²) in [4.78, 5) is 12.1. The molecule has 3 rings (SSSR count). The molecule has 9 heteroatoms. The highest BCUT2D eigenvalue weighted by Crippen LogP contribution is 2.24. The Hall–Kier alpha value is -2.03. The van der Waals surface area contributed by atoms with Crippen molar-refractivity contribution in [3.63, 3.8) is 0 Å². The van der Waals surface area contributed by atoms with Crippen LogP contribution in [0.3, 0.4) is 0 Å². The van der Waals surface area contributed by atoms with Crippen molar-refractivity contribution in [2.24, 2.45) is 7.05 Å². The summed E-state index contributed by atoms with van der Waals surface area (Å²) in [6.07, 6.45) is 0. The molecule has 0 aliphatic carbocycles. The molecule has 0 bridgehead atoms. The Labute approximate surface area is 174 Å². The van der Waals surface area contributed by atoms with Gasteiger partial charge in [0.25, 0.3) is 0 Å². The summed E-state index contributed by atoms with van der Waals surface area (Å²) >= 11 is 10.7. The third-order valence-electron chi connectivity index (χ3n) is 3.58. The third kappa shape index (κ3) is 5.47. The van der Waals surface area contributed by atoms with E-state index in [2.05, 4.69) is 31.4 Å². The number of anilines is 1. The maximum atomic E-state index is 12.1. The van der Waals surface area contributed by atoms with E-state index in [-0.39, 0.29) is 18.3 Å². The predicted molar refractivity (Wildman–Crippen MR) is 110 cm³/mol. The number of hydrogen-bond donors (Lipinski definition) is 1. The van der Waals surface area contributed by atoms with Crippen molar-refractivity contribution in [2.45, 2.75) is 11.8 Å². The zero-order valence-corrected chi connectivity index (χ0v) is 17.5. The number of hydrogen-bond acceptors (Lipinski definition) is 5. The molecule has 0 unspecified atom stereocenters. The fourth-order valence-corrected chi connectivity index (χ4v) is 3.35. The molecular formula is C18H16BrClN4O2S. The minimum atomic E-state index is -0.112. The van der Waals surface area contributed by atoms with Crippen LogP contribution in [0.4, 0.5) is 5.69 Å². The van der Waals surface area contributed by atoms with Gasteiger partial charge < -0.3 is 14.6 Å². The van der Waals surface area contributed by atoms with E-state index in [4.69, 9.17) is 16.3 Å². The number of carbonyl (C=O) groups is 1. The Balaban J connectivity index is 1.53. The van der Waals surface area contributed by atoms with Crippen molar-refractivity contribution in [3.8, 4) is 5.75 Å². The Morgan fingerprint density at radius 2 is 1.96 bits per heavy atom. The Kier molecular flexibility index (Phi) is 6.76. The van der Waals surface area contributed by atoms with Crippen LogP contribution in [0.5, 0.6) is 5.75 Å². The highest BCUT2D eigenvalue weighted by Gasteiger charge is 2.13. The molecule has 0 saturated heterocycles. The highest BCUT2D eigenvalue weighted by molar-refractivity contribution is 9.10. The number of thioether (sulfide) groups is 1. The fourth-order valence-electron chi connectivity index (χ4n) is 2.16. The van der Waals surface area contributed by atoms with Gasteiger partial charge in [-0.2, -0.15) is 0 Å². The van der Waals surface area contributed by atoms with E-state index in [0.717, 1.165) is 10.2 Å². The SMILES string of the molecule is Cn1c(COc2ccccc2Cl)nnc1SCC(=O)Nc1ccc(Br)cc1. The number of nitrogens with zero attached hydrogens (tertiary/aromatic N) is 3. The van der Waals surface area contributed by atoms with Crippen LogP contribution < -0.4 is 10.1 Å². The molecule has 0 aliphatic heterocycles. The molecule has 1 heterocycles. The molecule has 0 saturated carbocycles. The molecular weight excluding hydrogens is 452 g/mol. The van der Waals surface area contributed by atoms with E-state index in [1.807, 2.05) is 43.4 Å². The minimum Gasteiger partial charge on any atom is -0.484 e. The molecule has 2 aromatic carbocycles. The summed E-state index contributed by atoms with van der Waals surface area (Å²) in [5.41, 5.74) is 0.746. The average molecular weight is 468 g/mol. The smallest absolute Gasteiger partial charge is 0.234 e. The largest absolute Gasteiger partial charge is 0.484 e. The first kappa shape index (κ1) is 19.7. The summed E-state index contributed by atoms with van der Waals surface area (Å²) in [5, 5.41) is 12.3. The monoisotopic (exact) mass is 466 g/mol. The van der Waals surface area contributed by atoms with Crippen molar-refractivity contribution in [3.05, 3.63) is 63.9 Å². The average Bonchev–Trinajstić information content (AvgIpc) is 3.01. The first-order valence-electron chi connectivity index (χ1n) is 7.97. The number of para-hydroxylation sites is 1. The van der Waals surface area contributed by atoms with Crippen LogP contribution in [-0.4, -0.2) is 26.4 Å². The van der Waals surface area contributed by atoms with E-state index in [0.29, 0.717) is 21.8 Å². The lowest BCUT2D eigenvalue weighted by atomic mass is 10.3. The number of carbonyl (C=O) groups excluding carboxylic acids is 1. The zero-order valence-electron chi connectivity index (χ0n) is 14.4. The van der Waals surface area contributed by atoms with Crippen molar-refractivity contribution >= 4 is 50.9 Å². The molecule has 0 radical (unpaired) electrons. The summed E-state index contributed by atoms with van der Waals surface area (Å²) < 4.78 is 8.44. The van der Waals surface area contributed by atoms with Gasteiger partial charge in [0, 0.05) is 17.2 Å². The molecule has 3 aromatic rings. The normalized spacial score (nSPS) is 10.6. The van der Waals surface area contributed by atoms with Gasteiger partial charge in [0.15, 0.2) is 11.0 Å². The molecule has 0 atom stereocenters. The number of halogens is 2. The van der Waals surface area contributed by atoms with Gasteiger partial charge >= 0.3 is 0 Å². The van der Waals surface area contributed by atoms with Crippen LogP contribution in [0.25, 0.3) is 0 Å². The minimum absolute atomic E-state index is 0.112. The van der Waals surface area contributed by atoms with Crippen molar-refractivity contribution in [1.29, 1.82) is 0 Å². The number of amides is 1. The number of benzene rings is 2. The highest BCUT2D eigenvalue weighted by atomic mass is 79.9. The standard InChI is InChI=1S/C18H16BrClN4O2S/c1-24-16(10-26-15-5-3-2-4-14(15)20)22-23-18(24)27-11-17(25)21-13-8-6-12(19)7-9-13/h2-9H,10-11H2,1H3,(H,21,25). The van der Waals surface area contributed by atoms with Crippen molar-refractivity contribution < 1.29 is 9.53 Å². The second-order valence-corrected chi connectivity index (χ2v) is 7.79. The van der Waals surface area contributed by atoms with Gasteiger partial charge in [-0.05, 0) is 36.4 Å². The maximum Gasteiger partial charge on any atom is 0.234 e. The Bertz CT molecular complexity index is 933. The van der Waals surface area contributed by atoms with Crippen LogP contribution in [-0.2, 0) is 18.4 Å². The molecule has 0 aliphatic rings. The number of rotatable bonds is 7. The van der Waals surface area contributed by atoms with Crippen LogP contribution in [0.2, 0.25) is 5.02 Å². The Morgan fingerprint density at radius 1 is 1.22 bits per heavy atom. The molecule has 0 spiro atoms. The van der Waals surface area contributed by atoms with Gasteiger partial charge in [-0.15, -0.1) is 10.2 Å². The fraction of sp³-hybridized carbons (Fsp3) is 0.167. The maximum absolute atomic E-state index is 12.1. The van der Waals surface area contributed by atoms with E-state index < -0.39 is 0 Å². The second kappa shape index (κ2) is 9.25. The topological polar surface area (TPSA) is 69.0 Å². The van der Waals surface area contributed by atoms with Gasteiger partial charge in [-0.25, -0.2) is 0 Å². The summed E-state index contributed by atoms with van der Waals surface area (Å²) in [6.45, 7) is 0.235. The van der Waals surface area contributed by atoms with Crippen molar-refractivity contribution in [2.75, 3.05) is 11.1 Å². The van der Waals surface area contributed by atoms with Crippen LogP contribution in [0.1, 0.15) is 5.82 Å². The number of aromatic nitrogens is 3. The number of ether oxygens (including phenoxy) is 1. The lowest BCUT2D eigenvalue weighted by Gasteiger charge is -2.08. The summed E-state index contributed by atoms with van der Waals surface area (Å²) in [6, 6.07) is 14.7. The van der Waals surface area contributed by atoms with Crippen LogP contribution in [0.15, 0.2) is 58.2 Å². The first-order valence-corrected chi connectivity index (χ1v) is 10.1. The van der Waals surface area contributed by atoms with E-state index >= 15 is 0 Å². The van der Waals surface area contributed by atoms with E-state index in [1.54, 1.807) is 16.7 Å². The molecule has 27 heavy (non-hydrogen) atoms. The van der Waals surface area contributed by atoms with Gasteiger partial charge in [-0.3, -0.25) is 4.79 Å². The van der Waals surface area contributed by atoms with Gasteiger partial charge in [-0.1, -0.05) is 51.4 Å². The van der Waals surface area contributed by atoms with Gasteiger partial charge in [0.2, 0.25) is 5.91 Å². The predicted octanol–water partition coefficient (Wildman–Crippen LogP) is 4.54. The van der Waals surface area contributed by atoms with Gasteiger partial charge in [0.1, 0.15) is 12.4 Å². The molecule has 1 N–H and O–H groups in total. The molecule has 1 aromatic heterocycles. The van der Waals surface area contributed by atoms with Crippen LogP contribution in [0, 0.1) is 0 Å². The van der Waals surface area contributed by atoms with Crippen molar-refractivity contribution in [1.82, 2.24) is 14.8 Å². The van der Waals surface area contributed by atoms with E-state index in [1.165, 1.54) is 11.8 Å². The summed E-state index contributed by atoms with van der Waals surface area (Å²) in [7, 11) is 1.83. The molecule has 0 fully saturated rings. The molecule has 1 amide bonds. The second-order valence-electron chi connectivity index (χ2n) is 5.52. The summed E-state index contributed by atoms with van der Waals surface area (Å²) in [5.74, 6) is 1.35. The lowest BCUT2D eigenvalue weighted by molar-refractivity contribution is -0.113. The molecule has 6 nitrogen and oxygen atoms in total. The third-order valence-corrected chi connectivity index (χ3v) is 5.44. The van der Waals surface area contributed by atoms with Crippen LogP contribution >= 0.6 is 39.3 Å². The van der Waals surface area contributed by atoms with E-state index in [9.17, 15) is 4.79 Å². The zero-order chi connectivity index (χ0) is 19.2. The quantitative estimate of drug-likeness (QED) is 0.517. The Morgan fingerprint density at radius 3 is 2.70 bits per heavy atom. The number of nitrogens with one attached hydrogen (secondary N) is 1. The molecule has 140 valence electrons. The van der Waals surface area contributed by atoms with Gasteiger partial charge in [0.05, 0.1) is 10.8 Å².